The van der Waals surface area contributed by atoms with Crippen molar-refractivity contribution in [2.45, 2.75) is 13.8 Å². The summed E-state index contributed by atoms with van der Waals surface area (Å²) in [6.45, 7) is 3.65. The quantitative estimate of drug-likeness (QED) is 0.419. The van der Waals surface area contributed by atoms with Crippen LogP contribution in [0, 0.1) is 13.8 Å². The van der Waals surface area contributed by atoms with Crippen LogP contribution in [0.2, 0.25) is 0 Å². The summed E-state index contributed by atoms with van der Waals surface area (Å²) in [5.74, 6) is 0.253. The van der Waals surface area contributed by atoms with Crippen molar-refractivity contribution in [3.05, 3.63) is 44.2 Å². The summed E-state index contributed by atoms with van der Waals surface area (Å²) in [6.07, 6.45) is 0. The summed E-state index contributed by atoms with van der Waals surface area (Å²) in [5, 5.41) is 0. The lowest BCUT2D eigenvalue weighted by atomic mass is 9.82. The molecule has 0 aromatic heterocycles. The van der Waals surface area contributed by atoms with Gasteiger partial charge in [-0.3, -0.25) is 14.4 Å². The molecule has 0 radical (unpaired) electrons. The van der Waals surface area contributed by atoms with E-state index < -0.39 is 11.6 Å². The van der Waals surface area contributed by atoms with Crippen molar-refractivity contribution in [3.8, 4) is 0 Å². The number of thioether (sulfide) groups is 2. The summed E-state index contributed by atoms with van der Waals surface area (Å²) >= 11 is 2.98. The van der Waals surface area contributed by atoms with E-state index in [9.17, 15) is 14.4 Å². The molecule has 1 fully saturated rings. The number of benzene rings is 1. The summed E-state index contributed by atoms with van der Waals surface area (Å²) in [6, 6.07) is 3.54. The van der Waals surface area contributed by atoms with Crippen molar-refractivity contribution in [2.75, 3.05) is 11.5 Å². The number of carbonyl (C=O) groups is 3. The standard InChI is InChI=1S/C15H12O3S2/c1-7-5-8(2)10-9(6-7)12(16)11(14(18)13(10)17)15-19-3-4-20-15/h5-6H,3-4H2,1-2H3. The highest BCUT2D eigenvalue weighted by molar-refractivity contribution is 8.25. The molecule has 1 aliphatic heterocycles. The number of ketones is 3. The van der Waals surface area contributed by atoms with Crippen LogP contribution in [-0.4, -0.2) is 28.9 Å². The molecule has 102 valence electrons. The van der Waals surface area contributed by atoms with Crippen LogP contribution >= 0.6 is 23.5 Å². The number of hydrogen-bond donors (Lipinski definition) is 0. The third-order valence-electron chi connectivity index (χ3n) is 3.37. The third-order valence-corrected chi connectivity index (χ3v) is 6.08. The molecule has 20 heavy (non-hydrogen) atoms. The summed E-state index contributed by atoms with van der Waals surface area (Å²) in [5.41, 5.74) is 2.36. The molecule has 1 heterocycles. The first-order valence-corrected chi connectivity index (χ1v) is 8.22. The highest BCUT2D eigenvalue weighted by Gasteiger charge is 2.39. The Kier molecular flexibility index (Phi) is 3.34. The van der Waals surface area contributed by atoms with Crippen LogP contribution in [-0.2, 0) is 4.79 Å². The Morgan fingerprint density at radius 2 is 1.55 bits per heavy atom. The average Bonchev–Trinajstić information content (AvgIpc) is 2.89. The number of allylic oxidation sites excluding steroid dienone is 1. The summed E-state index contributed by atoms with van der Waals surface area (Å²) in [7, 11) is 0. The van der Waals surface area contributed by atoms with Crippen molar-refractivity contribution in [1.82, 2.24) is 0 Å². The smallest absolute Gasteiger partial charge is 0.239 e. The molecule has 0 atom stereocenters. The Labute approximate surface area is 125 Å². The van der Waals surface area contributed by atoms with Gasteiger partial charge in [0.2, 0.25) is 11.6 Å². The van der Waals surface area contributed by atoms with Crippen molar-refractivity contribution in [2.24, 2.45) is 0 Å². The second-order valence-corrected chi connectivity index (χ2v) is 7.32. The molecule has 1 aromatic carbocycles. The molecule has 3 nitrogen and oxygen atoms in total. The van der Waals surface area contributed by atoms with Gasteiger partial charge in [0, 0.05) is 22.6 Å². The third kappa shape index (κ3) is 1.96. The van der Waals surface area contributed by atoms with E-state index in [-0.39, 0.29) is 16.9 Å². The molecule has 0 N–H and O–H groups in total. The van der Waals surface area contributed by atoms with E-state index in [4.69, 9.17) is 0 Å². The van der Waals surface area contributed by atoms with Gasteiger partial charge in [-0.15, -0.1) is 23.5 Å². The Balaban J connectivity index is 2.27. The van der Waals surface area contributed by atoms with Gasteiger partial charge in [-0.2, -0.15) is 0 Å². The molecule has 0 bridgehead atoms. The lowest BCUT2D eigenvalue weighted by molar-refractivity contribution is -0.111. The Bertz CT molecular complexity index is 693. The Morgan fingerprint density at radius 1 is 0.900 bits per heavy atom. The second kappa shape index (κ2) is 4.90. The number of rotatable bonds is 0. The van der Waals surface area contributed by atoms with Crippen LogP contribution < -0.4 is 0 Å². The molecule has 3 rings (SSSR count). The van der Waals surface area contributed by atoms with Crippen molar-refractivity contribution < 1.29 is 14.4 Å². The minimum absolute atomic E-state index is 0.0833. The number of carbonyl (C=O) groups excluding carboxylic acids is 3. The predicted molar refractivity (Wildman–Crippen MR) is 81.5 cm³/mol. The zero-order valence-electron chi connectivity index (χ0n) is 11.1. The second-order valence-electron chi connectivity index (χ2n) is 4.85. The van der Waals surface area contributed by atoms with Gasteiger partial charge in [0.15, 0.2) is 5.78 Å². The van der Waals surface area contributed by atoms with Crippen LogP contribution in [0.3, 0.4) is 0 Å². The summed E-state index contributed by atoms with van der Waals surface area (Å²) < 4.78 is 0.707. The Morgan fingerprint density at radius 3 is 2.20 bits per heavy atom. The fraction of sp³-hybridized carbons (Fsp3) is 0.267. The van der Waals surface area contributed by atoms with E-state index in [0.717, 1.165) is 17.1 Å². The van der Waals surface area contributed by atoms with E-state index in [1.165, 1.54) is 23.5 Å². The largest absolute Gasteiger partial charge is 0.288 e. The van der Waals surface area contributed by atoms with Crippen LogP contribution in [0.4, 0.5) is 0 Å². The van der Waals surface area contributed by atoms with E-state index in [1.54, 1.807) is 13.0 Å². The van der Waals surface area contributed by atoms with Gasteiger partial charge >= 0.3 is 0 Å². The molecule has 0 spiro atoms. The molecule has 0 amide bonds. The molecule has 0 unspecified atom stereocenters. The van der Waals surface area contributed by atoms with Crippen molar-refractivity contribution >= 4 is 40.9 Å². The van der Waals surface area contributed by atoms with Gasteiger partial charge in [0.05, 0.1) is 9.81 Å². The number of fused-ring (bicyclic) bond motifs is 1. The number of aryl methyl sites for hydroxylation is 2. The molecule has 1 saturated heterocycles. The maximum absolute atomic E-state index is 12.6. The molecule has 1 aromatic rings. The molecule has 0 saturated carbocycles. The predicted octanol–water partition coefficient (Wildman–Crippen LogP) is 2.94. The monoisotopic (exact) mass is 304 g/mol. The maximum Gasteiger partial charge on any atom is 0.239 e. The molecule has 2 aliphatic rings. The van der Waals surface area contributed by atoms with Gasteiger partial charge in [-0.1, -0.05) is 11.6 Å². The molecule has 5 heteroatoms. The fourth-order valence-corrected chi connectivity index (χ4v) is 5.08. The highest BCUT2D eigenvalue weighted by atomic mass is 32.2. The molecular formula is C15H12O3S2. The van der Waals surface area contributed by atoms with E-state index >= 15 is 0 Å². The van der Waals surface area contributed by atoms with Gasteiger partial charge < -0.3 is 0 Å². The minimum atomic E-state index is -0.647. The lowest BCUT2D eigenvalue weighted by Gasteiger charge is -2.19. The van der Waals surface area contributed by atoms with Gasteiger partial charge in [0.25, 0.3) is 0 Å². The first kappa shape index (κ1) is 13.6. The van der Waals surface area contributed by atoms with Crippen LogP contribution in [0.5, 0.6) is 0 Å². The minimum Gasteiger partial charge on any atom is -0.288 e. The first-order chi connectivity index (χ1) is 9.50. The summed E-state index contributed by atoms with van der Waals surface area (Å²) in [4.78, 5) is 37.2. The zero-order valence-corrected chi connectivity index (χ0v) is 12.7. The van der Waals surface area contributed by atoms with Crippen LogP contribution in [0.1, 0.15) is 31.8 Å². The zero-order chi connectivity index (χ0) is 14.4. The number of hydrogen-bond acceptors (Lipinski definition) is 5. The molecular weight excluding hydrogens is 292 g/mol. The average molecular weight is 304 g/mol. The normalized spacial score (nSPS) is 18.8. The van der Waals surface area contributed by atoms with E-state index in [0.29, 0.717) is 15.4 Å². The topological polar surface area (TPSA) is 51.2 Å². The lowest BCUT2D eigenvalue weighted by Crippen LogP contribution is -2.31. The van der Waals surface area contributed by atoms with Crippen LogP contribution in [0.25, 0.3) is 0 Å². The van der Waals surface area contributed by atoms with E-state index in [2.05, 4.69) is 0 Å². The van der Waals surface area contributed by atoms with Crippen LogP contribution in [0.15, 0.2) is 21.9 Å². The first-order valence-electron chi connectivity index (χ1n) is 6.25. The highest BCUT2D eigenvalue weighted by Crippen LogP contribution is 2.41. The maximum atomic E-state index is 12.6. The van der Waals surface area contributed by atoms with Crippen molar-refractivity contribution in [1.29, 1.82) is 0 Å². The SMILES string of the molecule is Cc1cc(C)c2c(c1)C(=O)C(=C1SCCS1)C(=O)C2=O. The van der Waals surface area contributed by atoms with E-state index in [1.807, 2.05) is 13.0 Å². The number of Topliss-reactive ketones (excluding diaryl/α,β-unsaturated/α-hetero) is 3. The fourth-order valence-electron chi connectivity index (χ4n) is 2.55. The Hall–Kier alpha value is -1.33. The molecule has 1 aliphatic carbocycles. The van der Waals surface area contributed by atoms with Gasteiger partial charge in [-0.05, 0) is 25.5 Å². The van der Waals surface area contributed by atoms with Gasteiger partial charge in [-0.25, -0.2) is 0 Å². The van der Waals surface area contributed by atoms with Crippen molar-refractivity contribution in [3.63, 3.8) is 0 Å². The van der Waals surface area contributed by atoms with Gasteiger partial charge in [0.1, 0.15) is 0 Å².